The summed E-state index contributed by atoms with van der Waals surface area (Å²) in [5, 5.41) is 17.6. The fourth-order valence-corrected chi connectivity index (χ4v) is 0.719. The number of ether oxygens (including phenoxy) is 1. The van der Waals surface area contributed by atoms with Crippen LogP contribution in [0.15, 0.2) is 0 Å². The van der Waals surface area contributed by atoms with Crippen molar-refractivity contribution in [1.82, 2.24) is 0 Å². The number of carboxylic acid groups (broad SMARTS) is 1. The molecule has 1 unspecified atom stereocenters. The number of unbranched alkanes of at least 4 members (excludes halogenated alkanes) is 1. The van der Waals surface area contributed by atoms with E-state index in [-0.39, 0.29) is 6.61 Å². The number of rotatable bonds is 7. The minimum Gasteiger partial charge on any atom is -0.481 e. The van der Waals surface area contributed by atoms with Gasteiger partial charge in [0.25, 0.3) is 0 Å². The molecule has 0 aliphatic rings. The molecular weight excluding hydrogens is 172 g/mol. The van der Waals surface area contributed by atoms with Crippen molar-refractivity contribution in [3.05, 3.63) is 0 Å². The van der Waals surface area contributed by atoms with Gasteiger partial charge in [0, 0.05) is 6.61 Å². The molecule has 4 heteroatoms. The molecule has 13 heavy (non-hydrogen) atoms. The molecule has 0 aromatic carbocycles. The van der Waals surface area contributed by atoms with Crippen molar-refractivity contribution < 1.29 is 19.7 Å². The Morgan fingerprint density at radius 1 is 1.54 bits per heavy atom. The van der Waals surface area contributed by atoms with Gasteiger partial charge in [0.15, 0.2) is 0 Å². The first kappa shape index (κ1) is 12.4. The second-order valence-electron chi connectivity index (χ2n) is 3.43. The number of carboxylic acids is 1. The van der Waals surface area contributed by atoms with Crippen LogP contribution in [0.25, 0.3) is 0 Å². The van der Waals surface area contributed by atoms with Crippen molar-refractivity contribution in [2.45, 2.75) is 26.7 Å². The lowest BCUT2D eigenvalue weighted by atomic mass is 9.93. The van der Waals surface area contributed by atoms with Gasteiger partial charge in [0.1, 0.15) is 5.41 Å². The zero-order valence-electron chi connectivity index (χ0n) is 8.25. The molecule has 0 aromatic rings. The molecule has 0 aliphatic carbocycles. The van der Waals surface area contributed by atoms with E-state index in [1.54, 1.807) is 0 Å². The first-order valence-corrected chi connectivity index (χ1v) is 4.49. The predicted octanol–water partition coefficient (Wildman–Crippen LogP) is 0.886. The van der Waals surface area contributed by atoms with E-state index in [9.17, 15) is 4.79 Å². The summed E-state index contributed by atoms with van der Waals surface area (Å²) >= 11 is 0. The van der Waals surface area contributed by atoms with Crippen LogP contribution in [0.1, 0.15) is 26.7 Å². The van der Waals surface area contributed by atoms with Gasteiger partial charge in [0.2, 0.25) is 0 Å². The Hall–Kier alpha value is -0.610. The van der Waals surface area contributed by atoms with Crippen LogP contribution in [0.3, 0.4) is 0 Å². The minimum atomic E-state index is -1.16. The third-order valence-electron chi connectivity index (χ3n) is 1.93. The van der Waals surface area contributed by atoms with Gasteiger partial charge in [-0.25, -0.2) is 0 Å². The summed E-state index contributed by atoms with van der Waals surface area (Å²) in [6.07, 6.45) is 1.93. The van der Waals surface area contributed by atoms with E-state index in [4.69, 9.17) is 14.9 Å². The SMILES string of the molecule is CCCCOCC(C)(CO)C(=O)O. The first-order chi connectivity index (χ1) is 6.06. The molecule has 0 bridgehead atoms. The highest BCUT2D eigenvalue weighted by molar-refractivity contribution is 5.74. The minimum absolute atomic E-state index is 0.0683. The van der Waals surface area contributed by atoms with E-state index in [0.29, 0.717) is 6.61 Å². The molecule has 4 nitrogen and oxygen atoms in total. The van der Waals surface area contributed by atoms with Crippen LogP contribution in [0.2, 0.25) is 0 Å². The Kier molecular flexibility index (Phi) is 5.66. The molecule has 0 aromatic heterocycles. The number of hydrogen-bond acceptors (Lipinski definition) is 3. The van der Waals surface area contributed by atoms with E-state index in [0.717, 1.165) is 12.8 Å². The third-order valence-corrected chi connectivity index (χ3v) is 1.93. The predicted molar refractivity (Wildman–Crippen MR) is 48.6 cm³/mol. The van der Waals surface area contributed by atoms with Crippen molar-refractivity contribution in [2.24, 2.45) is 5.41 Å². The molecule has 0 aliphatic heterocycles. The van der Waals surface area contributed by atoms with Crippen LogP contribution in [0.5, 0.6) is 0 Å². The Balaban J connectivity index is 3.78. The van der Waals surface area contributed by atoms with Gasteiger partial charge in [-0.3, -0.25) is 4.79 Å². The van der Waals surface area contributed by atoms with Gasteiger partial charge in [-0.05, 0) is 13.3 Å². The summed E-state index contributed by atoms with van der Waals surface area (Å²) in [5.74, 6) is -1.02. The summed E-state index contributed by atoms with van der Waals surface area (Å²) in [4.78, 5) is 10.7. The van der Waals surface area contributed by atoms with Gasteiger partial charge in [-0.2, -0.15) is 0 Å². The van der Waals surface area contributed by atoms with Crippen LogP contribution in [-0.2, 0) is 9.53 Å². The monoisotopic (exact) mass is 190 g/mol. The van der Waals surface area contributed by atoms with Crippen molar-refractivity contribution in [1.29, 1.82) is 0 Å². The molecule has 0 saturated carbocycles. The van der Waals surface area contributed by atoms with Crippen LogP contribution in [-0.4, -0.2) is 36.0 Å². The molecule has 1 atom stereocenters. The Morgan fingerprint density at radius 3 is 2.54 bits per heavy atom. The molecule has 0 saturated heterocycles. The van der Waals surface area contributed by atoms with E-state index in [2.05, 4.69) is 0 Å². The maximum absolute atomic E-state index is 10.7. The molecule has 0 fully saturated rings. The fraction of sp³-hybridized carbons (Fsp3) is 0.889. The topological polar surface area (TPSA) is 66.8 Å². The lowest BCUT2D eigenvalue weighted by Gasteiger charge is -2.21. The van der Waals surface area contributed by atoms with Gasteiger partial charge < -0.3 is 14.9 Å². The van der Waals surface area contributed by atoms with Gasteiger partial charge in [0.05, 0.1) is 13.2 Å². The molecular formula is C9H18O4. The Bertz CT molecular complexity index is 158. The zero-order chi connectivity index (χ0) is 10.3. The summed E-state index contributed by atoms with van der Waals surface area (Å²) in [6.45, 7) is 3.74. The van der Waals surface area contributed by atoms with Gasteiger partial charge in [-0.15, -0.1) is 0 Å². The normalized spacial score (nSPS) is 15.3. The first-order valence-electron chi connectivity index (χ1n) is 4.49. The van der Waals surface area contributed by atoms with E-state index < -0.39 is 18.0 Å². The number of aliphatic carboxylic acids is 1. The van der Waals surface area contributed by atoms with Gasteiger partial charge >= 0.3 is 5.97 Å². The van der Waals surface area contributed by atoms with Crippen molar-refractivity contribution in [3.63, 3.8) is 0 Å². The largest absolute Gasteiger partial charge is 0.481 e. The highest BCUT2D eigenvalue weighted by Gasteiger charge is 2.32. The third kappa shape index (κ3) is 4.24. The van der Waals surface area contributed by atoms with Crippen LogP contribution in [0, 0.1) is 5.41 Å². The van der Waals surface area contributed by atoms with Crippen LogP contribution >= 0.6 is 0 Å². The van der Waals surface area contributed by atoms with E-state index >= 15 is 0 Å². The molecule has 0 spiro atoms. The van der Waals surface area contributed by atoms with Crippen molar-refractivity contribution >= 4 is 5.97 Å². The van der Waals surface area contributed by atoms with Crippen molar-refractivity contribution in [2.75, 3.05) is 19.8 Å². The average molecular weight is 190 g/mol. The lowest BCUT2D eigenvalue weighted by Crippen LogP contribution is -2.36. The average Bonchev–Trinajstić information content (AvgIpc) is 2.12. The summed E-state index contributed by atoms with van der Waals surface area (Å²) < 4.78 is 5.15. The number of aliphatic hydroxyl groups is 1. The van der Waals surface area contributed by atoms with E-state index in [1.165, 1.54) is 6.92 Å². The summed E-state index contributed by atoms with van der Waals surface area (Å²) in [7, 11) is 0. The maximum Gasteiger partial charge on any atom is 0.314 e. The van der Waals surface area contributed by atoms with Crippen molar-refractivity contribution in [3.8, 4) is 0 Å². The Labute approximate surface area is 78.5 Å². The highest BCUT2D eigenvalue weighted by Crippen LogP contribution is 2.15. The molecule has 0 rings (SSSR count). The maximum atomic E-state index is 10.7. The molecule has 0 amide bonds. The fourth-order valence-electron chi connectivity index (χ4n) is 0.719. The molecule has 78 valence electrons. The quantitative estimate of drug-likeness (QED) is 0.585. The lowest BCUT2D eigenvalue weighted by molar-refractivity contribution is -0.154. The highest BCUT2D eigenvalue weighted by atomic mass is 16.5. The van der Waals surface area contributed by atoms with E-state index in [1.807, 2.05) is 6.92 Å². The molecule has 0 radical (unpaired) electrons. The van der Waals surface area contributed by atoms with Crippen LogP contribution in [0.4, 0.5) is 0 Å². The summed E-state index contributed by atoms with van der Waals surface area (Å²) in [5.41, 5.74) is -1.16. The zero-order valence-corrected chi connectivity index (χ0v) is 8.25. The molecule has 0 heterocycles. The smallest absolute Gasteiger partial charge is 0.314 e. The standard InChI is InChI=1S/C9H18O4/c1-3-4-5-13-7-9(2,6-10)8(11)12/h10H,3-7H2,1-2H3,(H,11,12). The second kappa shape index (κ2) is 5.94. The van der Waals surface area contributed by atoms with Crippen LogP contribution < -0.4 is 0 Å². The number of hydrogen-bond donors (Lipinski definition) is 2. The number of aliphatic hydroxyl groups excluding tert-OH is 1. The molecule has 2 N–H and O–H groups in total. The number of carbonyl (C=O) groups is 1. The van der Waals surface area contributed by atoms with Gasteiger partial charge in [-0.1, -0.05) is 13.3 Å². The summed E-state index contributed by atoms with van der Waals surface area (Å²) in [6, 6.07) is 0. The second-order valence-corrected chi connectivity index (χ2v) is 3.43. The Morgan fingerprint density at radius 2 is 2.15 bits per heavy atom.